The second-order valence-electron chi connectivity index (χ2n) is 9.84. The van der Waals surface area contributed by atoms with E-state index >= 15 is 0 Å². The number of aromatic hydroxyl groups is 2. The molecule has 2 aliphatic rings. The van der Waals surface area contributed by atoms with E-state index in [0.29, 0.717) is 5.56 Å². The summed E-state index contributed by atoms with van der Waals surface area (Å²) >= 11 is 6.23. The average molecular weight is 606 g/mol. The Kier molecular flexibility index (Phi) is 9.13. The minimum Gasteiger partial charge on any atom is -0.534 e. The Balaban J connectivity index is 1.62. The van der Waals surface area contributed by atoms with Crippen molar-refractivity contribution in [3.63, 3.8) is 0 Å². The highest BCUT2D eigenvalue weighted by atomic mass is 35.5. The molecule has 15 nitrogen and oxygen atoms in total. The Morgan fingerprint density at radius 2 is 1.93 bits per heavy atom. The van der Waals surface area contributed by atoms with Gasteiger partial charge >= 0.3 is 24.9 Å². The summed E-state index contributed by atoms with van der Waals surface area (Å²) in [7, 11) is -1.67. The van der Waals surface area contributed by atoms with Gasteiger partial charge in [0.1, 0.15) is 11.8 Å². The molecular weight excluding hydrogens is 577 g/mol. The molecule has 1 saturated heterocycles. The maximum Gasteiger partial charge on any atom is 0.547 e. The van der Waals surface area contributed by atoms with E-state index in [2.05, 4.69) is 10.6 Å². The number of para-hydroxylation sites is 1. The maximum absolute atomic E-state index is 13.6. The van der Waals surface area contributed by atoms with Crippen molar-refractivity contribution in [3.8, 4) is 17.2 Å². The van der Waals surface area contributed by atoms with Crippen molar-refractivity contribution in [1.29, 1.82) is 0 Å². The third kappa shape index (κ3) is 5.93. The van der Waals surface area contributed by atoms with Gasteiger partial charge in [0.2, 0.25) is 5.91 Å². The maximum atomic E-state index is 13.6. The molecule has 2 heterocycles. The molecule has 0 aliphatic carbocycles. The third-order valence-electron chi connectivity index (χ3n) is 7.02. The van der Waals surface area contributed by atoms with Crippen molar-refractivity contribution in [2.45, 2.75) is 37.7 Å². The van der Waals surface area contributed by atoms with Crippen molar-refractivity contribution < 1.29 is 49.3 Å². The summed E-state index contributed by atoms with van der Waals surface area (Å²) in [5.74, 6) is -6.64. The molecule has 0 spiro atoms. The molecule has 3 amide bonds. The van der Waals surface area contributed by atoms with Crippen LogP contribution in [0.2, 0.25) is 5.02 Å². The van der Waals surface area contributed by atoms with E-state index < -0.39 is 71.7 Å². The van der Waals surface area contributed by atoms with Crippen molar-refractivity contribution in [1.82, 2.24) is 20.4 Å². The number of carbonyl (C=O) groups excluding carboxylic acids is 3. The van der Waals surface area contributed by atoms with E-state index in [4.69, 9.17) is 22.0 Å². The lowest BCUT2D eigenvalue weighted by molar-refractivity contribution is -0.170. The molecule has 0 bridgehead atoms. The number of nitrogens with one attached hydrogen (secondary N) is 2. The number of aromatic carboxylic acids is 1. The molecule has 4 atom stereocenters. The first-order valence-electron chi connectivity index (χ1n) is 12.8. The van der Waals surface area contributed by atoms with Gasteiger partial charge in [-0.15, -0.1) is 0 Å². The number of aliphatic hydroxyl groups excluding tert-OH is 1. The van der Waals surface area contributed by atoms with Gasteiger partial charge in [0, 0.05) is 25.2 Å². The lowest BCUT2D eigenvalue weighted by Gasteiger charge is -2.42. The number of nitrogens with two attached hydrogens (primary N) is 1. The van der Waals surface area contributed by atoms with Gasteiger partial charge in [-0.05, 0) is 31.0 Å². The second-order valence-corrected chi connectivity index (χ2v) is 10.2. The number of carbonyl (C=O) groups is 4. The average Bonchev–Trinajstić information content (AvgIpc) is 2.93. The number of phenolic OH excluding ortho intramolecular Hbond substituents is 2. The molecule has 2 aromatic carbocycles. The van der Waals surface area contributed by atoms with Gasteiger partial charge < -0.3 is 46.1 Å². The fraction of sp³-hybridized carbons (Fsp3) is 0.360. The minimum atomic E-state index is -1.91. The summed E-state index contributed by atoms with van der Waals surface area (Å²) < 4.78 is 5.42. The minimum absolute atomic E-state index is 0.0414. The van der Waals surface area contributed by atoms with Crippen molar-refractivity contribution >= 4 is 42.4 Å². The van der Waals surface area contributed by atoms with Crippen LogP contribution in [0.15, 0.2) is 30.3 Å². The smallest absolute Gasteiger partial charge is 0.534 e. The number of rotatable bonds is 9. The second kappa shape index (κ2) is 12.4. The molecule has 1 fully saturated rings. The van der Waals surface area contributed by atoms with Crippen LogP contribution in [0.25, 0.3) is 0 Å². The zero-order valence-corrected chi connectivity index (χ0v) is 23.0. The lowest BCUT2D eigenvalue weighted by Crippen LogP contribution is -2.65. The first-order chi connectivity index (χ1) is 19.8. The number of benzene rings is 2. The lowest BCUT2D eigenvalue weighted by atomic mass is 9.72. The van der Waals surface area contributed by atoms with E-state index in [1.807, 2.05) is 0 Å². The van der Waals surface area contributed by atoms with Gasteiger partial charge in [0.25, 0.3) is 0 Å². The Bertz CT molecular complexity index is 1410. The molecule has 0 radical (unpaired) electrons. The molecule has 224 valence electrons. The van der Waals surface area contributed by atoms with Crippen LogP contribution < -0.4 is 21.0 Å². The van der Waals surface area contributed by atoms with Gasteiger partial charge in [-0.25, -0.2) is 4.79 Å². The van der Waals surface area contributed by atoms with Crippen LogP contribution in [0.5, 0.6) is 17.2 Å². The molecule has 4 rings (SSSR count). The van der Waals surface area contributed by atoms with Crippen molar-refractivity contribution in [2.24, 2.45) is 5.73 Å². The molecule has 42 heavy (non-hydrogen) atoms. The summed E-state index contributed by atoms with van der Waals surface area (Å²) in [6.45, 7) is 1.88. The van der Waals surface area contributed by atoms with Crippen LogP contribution in [0.4, 0.5) is 0 Å². The molecule has 17 heteroatoms. The largest absolute Gasteiger partial charge is 0.547 e. The Morgan fingerprint density at radius 1 is 1.21 bits per heavy atom. The van der Waals surface area contributed by atoms with Gasteiger partial charge in [-0.1, -0.05) is 29.8 Å². The number of fused-ring (bicyclic) bond motifs is 1. The van der Waals surface area contributed by atoms with Crippen LogP contribution in [0.3, 0.4) is 0 Å². The van der Waals surface area contributed by atoms with E-state index in [1.54, 1.807) is 13.0 Å². The first-order valence-corrected chi connectivity index (χ1v) is 13.2. The summed E-state index contributed by atoms with van der Waals surface area (Å²) in [6, 6.07) is 4.27. The fourth-order valence-corrected chi connectivity index (χ4v) is 5.22. The van der Waals surface area contributed by atoms with Crippen molar-refractivity contribution in [2.75, 3.05) is 19.6 Å². The molecule has 0 aromatic heterocycles. The van der Waals surface area contributed by atoms with Gasteiger partial charge in [0.05, 0.1) is 22.6 Å². The number of hydrogen-bond acceptors (Lipinski definition) is 11. The quantitative estimate of drug-likeness (QED) is 0.0707. The molecule has 2 aliphatic heterocycles. The number of nitrogens with zero attached hydrogens (tertiary/aromatic N) is 2. The normalized spacial score (nSPS) is 20.1. The molecule has 9 N–H and O–H groups in total. The van der Waals surface area contributed by atoms with Crippen LogP contribution in [0, 0.1) is 0 Å². The topological polar surface area (TPSA) is 235 Å². The summed E-state index contributed by atoms with van der Waals surface area (Å²) in [6.07, 6.45) is -1.95. The highest BCUT2D eigenvalue weighted by Crippen LogP contribution is 2.38. The van der Waals surface area contributed by atoms with Crippen LogP contribution in [0.1, 0.15) is 34.5 Å². The van der Waals surface area contributed by atoms with Crippen LogP contribution in [-0.2, 0) is 20.8 Å². The number of aliphatic hydroxyl groups is 1. The number of carboxylic acids is 1. The van der Waals surface area contributed by atoms with Gasteiger partial charge in [-0.2, -0.15) is 0 Å². The van der Waals surface area contributed by atoms with Gasteiger partial charge in [0.15, 0.2) is 17.9 Å². The molecule has 2 aromatic rings. The molecular formula is C25H29BClN5O10. The molecule has 2 unspecified atom stereocenters. The number of carboxylic acid groups (broad SMARTS) is 1. The Labute approximate surface area is 244 Å². The SMILES string of the molecule is C[C@H]1CN(CCN)C(=O)C(=O)N1C(O)NC(C(=O)N[C@H]1Cc2cccc(C(=O)O)c2OB1O)c1ccc(O)c(O)c1Cl. The highest BCUT2D eigenvalue weighted by molar-refractivity contribution is 6.47. The third-order valence-corrected chi connectivity index (χ3v) is 7.41. The zero-order valence-electron chi connectivity index (χ0n) is 22.2. The van der Waals surface area contributed by atoms with E-state index in [9.17, 15) is 44.6 Å². The predicted molar refractivity (Wildman–Crippen MR) is 146 cm³/mol. The number of halogens is 1. The van der Waals surface area contributed by atoms with E-state index in [-0.39, 0.29) is 42.9 Å². The Hall–Kier alpha value is -4.09. The fourth-order valence-electron chi connectivity index (χ4n) is 4.95. The number of hydrogen-bond donors (Lipinski definition) is 8. The Morgan fingerprint density at radius 3 is 2.60 bits per heavy atom. The zero-order chi connectivity index (χ0) is 30.9. The summed E-state index contributed by atoms with van der Waals surface area (Å²) in [5.41, 5.74) is 5.60. The van der Waals surface area contributed by atoms with E-state index in [1.165, 1.54) is 23.1 Å². The van der Waals surface area contributed by atoms with Gasteiger partial charge in [-0.3, -0.25) is 24.6 Å². The highest BCUT2D eigenvalue weighted by Gasteiger charge is 2.43. The van der Waals surface area contributed by atoms with Crippen molar-refractivity contribution in [3.05, 3.63) is 52.0 Å². The first kappa shape index (κ1) is 30.9. The predicted octanol–water partition coefficient (Wildman–Crippen LogP) is -1.49. The van der Waals surface area contributed by atoms with Crippen LogP contribution >= 0.6 is 11.6 Å². The number of piperazine rings is 1. The monoisotopic (exact) mass is 605 g/mol. The van der Waals surface area contributed by atoms with Crippen LogP contribution in [-0.4, -0.2) is 104 Å². The number of amides is 3. The summed E-state index contributed by atoms with van der Waals surface area (Å²) in [5, 5.41) is 55.8. The number of phenols is 2. The van der Waals surface area contributed by atoms with E-state index in [0.717, 1.165) is 11.0 Å². The molecule has 0 saturated carbocycles. The standard InChI is InChI=1S/C25H29BClN5O10/c1-11-10-31(8-7-28)22(36)23(37)32(11)25(40)30-18(13-5-6-15(33)19(34)17(13)27)21(35)29-16-9-12-3-2-4-14(24(38)39)20(12)42-26(16)41/h2-6,11,16,18,25,30,33-34,40-41H,7-10,28H2,1H3,(H,29,35)(H,38,39)/t11-,16-,18?,25?/m0/s1. The summed E-state index contributed by atoms with van der Waals surface area (Å²) in [4.78, 5) is 52.7.